The van der Waals surface area contributed by atoms with Gasteiger partial charge in [-0.15, -0.1) is 0 Å². The van der Waals surface area contributed by atoms with E-state index in [4.69, 9.17) is 4.74 Å². The lowest BCUT2D eigenvalue weighted by molar-refractivity contribution is 0.0936. The van der Waals surface area contributed by atoms with E-state index < -0.39 is 17.4 Å². The Bertz CT molecular complexity index is 1360. The highest BCUT2D eigenvalue weighted by Gasteiger charge is 2.23. The van der Waals surface area contributed by atoms with Crippen LogP contribution in [0.4, 0.5) is 5.95 Å². The van der Waals surface area contributed by atoms with Crippen LogP contribution >= 0.6 is 0 Å². The maximum atomic E-state index is 13.0. The highest BCUT2D eigenvalue weighted by molar-refractivity contribution is 5.74. The van der Waals surface area contributed by atoms with Gasteiger partial charge in [-0.25, -0.2) is 4.79 Å². The van der Waals surface area contributed by atoms with Crippen LogP contribution in [0, 0.1) is 0 Å². The molecule has 9 heteroatoms. The Hall–Kier alpha value is -3.85. The third-order valence-electron chi connectivity index (χ3n) is 5.51. The molecule has 0 bridgehead atoms. The normalized spacial score (nSPS) is 12.1. The molecule has 0 aliphatic carbocycles. The van der Waals surface area contributed by atoms with Crippen molar-refractivity contribution in [3.63, 3.8) is 0 Å². The molecule has 2 heterocycles. The third-order valence-corrected chi connectivity index (χ3v) is 5.51. The predicted octanol–water partition coefficient (Wildman–Crippen LogP) is 1.51. The summed E-state index contributed by atoms with van der Waals surface area (Å²) in [5.74, 6) is 1.12. The number of aryl methyl sites for hydroxylation is 1. The molecular formula is C24H27N5O4. The Labute approximate surface area is 190 Å². The van der Waals surface area contributed by atoms with E-state index >= 15 is 0 Å². The number of aliphatic hydroxyl groups is 1. The molecule has 9 nitrogen and oxygen atoms in total. The number of rotatable bonds is 8. The fourth-order valence-corrected chi connectivity index (χ4v) is 3.80. The van der Waals surface area contributed by atoms with Crippen LogP contribution in [-0.2, 0) is 27.2 Å². The monoisotopic (exact) mass is 449 g/mol. The van der Waals surface area contributed by atoms with E-state index in [-0.39, 0.29) is 24.3 Å². The summed E-state index contributed by atoms with van der Waals surface area (Å²) in [6, 6.07) is 19.1. The number of nitrogens with zero attached hydrogens (tertiary/aromatic N) is 5. The van der Waals surface area contributed by atoms with Gasteiger partial charge in [-0.05, 0) is 17.7 Å². The number of imidazole rings is 1. The van der Waals surface area contributed by atoms with Crippen LogP contribution in [0.2, 0.25) is 0 Å². The number of benzene rings is 2. The van der Waals surface area contributed by atoms with Crippen LogP contribution in [-0.4, -0.2) is 43.6 Å². The van der Waals surface area contributed by atoms with Gasteiger partial charge in [0.1, 0.15) is 18.5 Å². The number of para-hydroxylation sites is 1. The summed E-state index contributed by atoms with van der Waals surface area (Å²) in [6.45, 7) is 0.651. The van der Waals surface area contributed by atoms with Crippen LogP contribution in [0.5, 0.6) is 5.75 Å². The number of fused-ring (bicyclic) bond motifs is 1. The molecule has 0 amide bonds. The van der Waals surface area contributed by atoms with Crippen molar-refractivity contribution >= 4 is 17.1 Å². The van der Waals surface area contributed by atoms with Gasteiger partial charge in [-0.3, -0.25) is 13.9 Å². The molecule has 0 saturated carbocycles. The first-order valence-corrected chi connectivity index (χ1v) is 10.6. The molecule has 4 aromatic rings. The van der Waals surface area contributed by atoms with E-state index in [1.165, 1.54) is 11.6 Å². The molecule has 0 spiro atoms. The lowest BCUT2D eigenvalue weighted by Crippen LogP contribution is -2.38. The standard InChI is InChI=1S/C24H27N5O4/c1-26(14-17-10-6-4-7-11-17)23-25-21-20(22(31)28(3)24(32)27(21)2)29(23)15-18(30)16-33-19-12-8-5-9-13-19/h4-13,18,30H,14-16H2,1-3H3/t18-/m1/s1. The van der Waals surface area contributed by atoms with E-state index in [2.05, 4.69) is 4.98 Å². The molecule has 172 valence electrons. The van der Waals surface area contributed by atoms with Gasteiger partial charge < -0.3 is 19.3 Å². The molecule has 1 N–H and O–H groups in total. The number of aromatic nitrogens is 4. The van der Waals surface area contributed by atoms with Gasteiger partial charge in [-0.1, -0.05) is 48.5 Å². The molecule has 0 saturated heterocycles. The summed E-state index contributed by atoms with van der Waals surface area (Å²) < 4.78 is 9.75. The number of ether oxygens (including phenoxy) is 1. The average Bonchev–Trinajstić information content (AvgIpc) is 3.20. The van der Waals surface area contributed by atoms with Crippen molar-refractivity contribution < 1.29 is 9.84 Å². The van der Waals surface area contributed by atoms with Crippen molar-refractivity contribution in [2.24, 2.45) is 14.1 Å². The maximum Gasteiger partial charge on any atom is 0.332 e. The van der Waals surface area contributed by atoms with E-state index in [0.717, 1.165) is 10.1 Å². The summed E-state index contributed by atoms with van der Waals surface area (Å²) in [7, 11) is 4.88. The highest BCUT2D eigenvalue weighted by atomic mass is 16.5. The molecule has 2 aromatic heterocycles. The van der Waals surface area contributed by atoms with Gasteiger partial charge in [0, 0.05) is 27.7 Å². The van der Waals surface area contributed by atoms with Gasteiger partial charge in [0.15, 0.2) is 11.2 Å². The zero-order valence-electron chi connectivity index (χ0n) is 18.9. The molecule has 0 unspecified atom stereocenters. The van der Waals surface area contributed by atoms with Gasteiger partial charge >= 0.3 is 5.69 Å². The fourth-order valence-electron chi connectivity index (χ4n) is 3.80. The Balaban J connectivity index is 1.72. The van der Waals surface area contributed by atoms with Crippen LogP contribution < -0.4 is 20.9 Å². The van der Waals surface area contributed by atoms with Crippen LogP contribution in [0.15, 0.2) is 70.3 Å². The zero-order chi connectivity index (χ0) is 23.5. The maximum absolute atomic E-state index is 13.0. The van der Waals surface area contributed by atoms with Crippen LogP contribution in [0.25, 0.3) is 11.2 Å². The average molecular weight is 450 g/mol. The number of hydrogen-bond acceptors (Lipinski definition) is 6. The van der Waals surface area contributed by atoms with Crippen molar-refractivity contribution in [3.8, 4) is 5.75 Å². The van der Waals surface area contributed by atoms with Gasteiger partial charge in [0.25, 0.3) is 5.56 Å². The summed E-state index contributed by atoms with van der Waals surface area (Å²) >= 11 is 0. The Morgan fingerprint density at radius 1 is 1.00 bits per heavy atom. The summed E-state index contributed by atoms with van der Waals surface area (Å²) in [6.07, 6.45) is -0.909. The van der Waals surface area contributed by atoms with Gasteiger partial charge in [0.2, 0.25) is 5.95 Å². The number of anilines is 1. The second-order valence-corrected chi connectivity index (χ2v) is 8.02. The minimum atomic E-state index is -0.909. The second kappa shape index (κ2) is 9.33. The molecule has 0 radical (unpaired) electrons. The van der Waals surface area contributed by atoms with Crippen molar-refractivity contribution in [1.29, 1.82) is 0 Å². The lowest BCUT2D eigenvalue weighted by atomic mass is 10.2. The van der Waals surface area contributed by atoms with E-state index in [1.54, 1.807) is 11.6 Å². The number of hydrogen-bond donors (Lipinski definition) is 1. The van der Waals surface area contributed by atoms with E-state index in [0.29, 0.717) is 18.2 Å². The molecule has 0 aliphatic heterocycles. The predicted molar refractivity (Wildman–Crippen MR) is 127 cm³/mol. The first-order valence-electron chi connectivity index (χ1n) is 10.6. The van der Waals surface area contributed by atoms with Crippen LogP contribution in [0.1, 0.15) is 5.56 Å². The minimum absolute atomic E-state index is 0.0393. The number of aliphatic hydroxyl groups excluding tert-OH is 1. The second-order valence-electron chi connectivity index (χ2n) is 8.02. The summed E-state index contributed by atoms with van der Waals surface area (Å²) in [4.78, 5) is 32.0. The van der Waals surface area contributed by atoms with Gasteiger partial charge in [0.05, 0.1) is 6.54 Å². The van der Waals surface area contributed by atoms with E-state index in [9.17, 15) is 14.7 Å². The molecule has 2 aromatic carbocycles. The third kappa shape index (κ3) is 4.54. The lowest BCUT2D eigenvalue weighted by Gasteiger charge is -2.21. The fraction of sp³-hybridized carbons (Fsp3) is 0.292. The van der Waals surface area contributed by atoms with Crippen molar-refractivity contribution in [2.45, 2.75) is 19.2 Å². The van der Waals surface area contributed by atoms with Crippen molar-refractivity contribution in [2.75, 3.05) is 18.6 Å². The summed E-state index contributed by atoms with van der Waals surface area (Å²) in [5.41, 5.74) is 0.675. The van der Waals surface area contributed by atoms with Gasteiger partial charge in [-0.2, -0.15) is 4.98 Å². The zero-order valence-corrected chi connectivity index (χ0v) is 18.9. The first-order chi connectivity index (χ1) is 15.9. The quantitative estimate of drug-likeness (QED) is 0.438. The topological polar surface area (TPSA) is 94.5 Å². The molecule has 4 rings (SSSR count). The SMILES string of the molecule is CN(Cc1ccccc1)c1nc2c(c(=O)n(C)c(=O)n2C)n1C[C@@H](O)COc1ccccc1. The minimum Gasteiger partial charge on any atom is -0.491 e. The Morgan fingerprint density at radius 3 is 2.30 bits per heavy atom. The molecule has 0 fully saturated rings. The summed E-state index contributed by atoms with van der Waals surface area (Å²) in [5, 5.41) is 10.8. The van der Waals surface area contributed by atoms with Crippen molar-refractivity contribution in [3.05, 3.63) is 87.1 Å². The molecule has 33 heavy (non-hydrogen) atoms. The molecular weight excluding hydrogens is 422 g/mol. The highest BCUT2D eigenvalue weighted by Crippen LogP contribution is 2.21. The molecule has 1 atom stereocenters. The van der Waals surface area contributed by atoms with E-state index in [1.807, 2.05) is 72.6 Å². The Morgan fingerprint density at radius 2 is 1.64 bits per heavy atom. The Kier molecular flexibility index (Phi) is 6.32. The smallest absolute Gasteiger partial charge is 0.332 e. The van der Waals surface area contributed by atoms with Crippen LogP contribution in [0.3, 0.4) is 0 Å². The van der Waals surface area contributed by atoms with Crippen molar-refractivity contribution in [1.82, 2.24) is 18.7 Å². The molecule has 0 aliphatic rings. The largest absolute Gasteiger partial charge is 0.491 e. The first kappa shape index (κ1) is 22.3.